The van der Waals surface area contributed by atoms with Gasteiger partial charge in [-0.05, 0) is 36.3 Å². The lowest BCUT2D eigenvalue weighted by molar-refractivity contribution is 1.02. The summed E-state index contributed by atoms with van der Waals surface area (Å²) in [5, 5.41) is 0. The Bertz CT molecular complexity index is 754. The maximum absolute atomic E-state index is 5.42. The maximum Gasteiger partial charge on any atom is 0.182 e. The van der Waals surface area contributed by atoms with Crippen LogP contribution in [-0.4, -0.2) is 9.55 Å². The van der Waals surface area contributed by atoms with Gasteiger partial charge in [-0.3, -0.25) is 4.57 Å². The molecule has 3 heteroatoms. The van der Waals surface area contributed by atoms with Crippen LogP contribution in [0.2, 0.25) is 0 Å². The normalized spacial score (nSPS) is 10.6. The third-order valence-corrected chi connectivity index (χ3v) is 3.48. The molecule has 0 saturated heterocycles. The summed E-state index contributed by atoms with van der Waals surface area (Å²) in [6, 6.07) is 18.4. The maximum atomic E-state index is 5.42. The summed E-state index contributed by atoms with van der Waals surface area (Å²) in [6.45, 7) is 2.09. The van der Waals surface area contributed by atoms with Crippen LogP contribution < -0.4 is 0 Å². The van der Waals surface area contributed by atoms with Crippen molar-refractivity contribution in [1.82, 2.24) is 9.55 Å². The largest absolute Gasteiger partial charge is 0.330 e. The molecule has 2 nitrogen and oxygen atoms in total. The van der Waals surface area contributed by atoms with Crippen LogP contribution in [0.25, 0.3) is 16.9 Å². The van der Waals surface area contributed by atoms with Crippen molar-refractivity contribution in [3.8, 4) is 16.9 Å². The van der Waals surface area contributed by atoms with Crippen molar-refractivity contribution >= 4 is 12.2 Å². The van der Waals surface area contributed by atoms with E-state index in [9.17, 15) is 0 Å². The molecule has 3 aromatic rings. The van der Waals surface area contributed by atoms with Crippen LogP contribution >= 0.6 is 12.2 Å². The van der Waals surface area contributed by atoms with E-state index in [1.165, 1.54) is 5.56 Å². The Labute approximate surface area is 117 Å². The predicted octanol–water partition coefficient (Wildman–Crippen LogP) is 4.51. The Morgan fingerprint density at radius 1 is 0.947 bits per heavy atom. The van der Waals surface area contributed by atoms with Crippen molar-refractivity contribution in [2.24, 2.45) is 0 Å². The second kappa shape index (κ2) is 4.86. The Kier molecular flexibility index (Phi) is 3.05. The summed E-state index contributed by atoms with van der Waals surface area (Å²) in [7, 11) is 0. The molecule has 0 bridgehead atoms. The first-order valence-corrected chi connectivity index (χ1v) is 6.59. The fourth-order valence-electron chi connectivity index (χ4n) is 2.17. The second-order valence-electron chi connectivity index (χ2n) is 4.50. The van der Waals surface area contributed by atoms with Crippen LogP contribution in [0.5, 0.6) is 0 Å². The van der Waals surface area contributed by atoms with E-state index in [0.29, 0.717) is 4.77 Å². The molecular weight excluding hydrogens is 252 g/mol. The summed E-state index contributed by atoms with van der Waals surface area (Å²) >= 11 is 5.42. The first kappa shape index (κ1) is 11.9. The summed E-state index contributed by atoms with van der Waals surface area (Å²) in [5.41, 5.74) is 4.50. The Balaban J connectivity index is 2.14. The zero-order valence-electron chi connectivity index (χ0n) is 10.6. The second-order valence-corrected chi connectivity index (χ2v) is 4.88. The van der Waals surface area contributed by atoms with Gasteiger partial charge in [-0.15, -0.1) is 0 Å². The minimum atomic E-state index is 0.716. The molecule has 0 atom stereocenters. The van der Waals surface area contributed by atoms with Crippen LogP contribution in [0.3, 0.4) is 0 Å². The topological polar surface area (TPSA) is 20.7 Å². The fraction of sp³-hybridized carbons (Fsp3) is 0.0625. The number of imidazole rings is 1. The lowest BCUT2D eigenvalue weighted by atomic mass is 10.2. The van der Waals surface area contributed by atoms with E-state index in [0.717, 1.165) is 16.9 Å². The molecule has 0 radical (unpaired) electrons. The number of rotatable bonds is 2. The Hall–Kier alpha value is -2.13. The highest BCUT2D eigenvalue weighted by molar-refractivity contribution is 7.71. The molecule has 2 aromatic carbocycles. The summed E-state index contributed by atoms with van der Waals surface area (Å²) < 4.78 is 2.74. The highest BCUT2D eigenvalue weighted by Gasteiger charge is 2.06. The van der Waals surface area contributed by atoms with E-state index in [1.54, 1.807) is 0 Å². The van der Waals surface area contributed by atoms with E-state index in [1.807, 2.05) is 34.9 Å². The summed E-state index contributed by atoms with van der Waals surface area (Å²) in [4.78, 5) is 3.26. The molecule has 0 aliphatic carbocycles. The number of hydrogen-bond donors (Lipinski definition) is 1. The number of aromatic amines is 1. The van der Waals surface area contributed by atoms with Crippen LogP contribution in [-0.2, 0) is 0 Å². The number of H-pyrrole nitrogens is 1. The molecule has 94 valence electrons. The number of aromatic nitrogens is 2. The Morgan fingerprint density at radius 2 is 1.63 bits per heavy atom. The minimum Gasteiger partial charge on any atom is -0.330 e. The average molecular weight is 266 g/mol. The molecule has 19 heavy (non-hydrogen) atoms. The smallest absolute Gasteiger partial charge is 0.182 e. The van der Waals surface area contributed by atoms with Gasteiger partial charge in [-0.25, -0.2) is 0 Å². The van der Waals surface area contributed by atoms with E-state index in [4.69, 9.17) is 12.2 Å². The van der Waals surface area contributed by atoms with E-state index >= 15 is 0 Å². The first-order valence-electron chi connectivity index (χ1n) is 6.19. The van der Waals surface area contributed by atoms with Crippen molar-refractivity contribution in [2.45, 2.75) is 6.92 Å². The molecule has 1 heterocycles. The molecule has 0 aliphatic heterocycles. The highest BCUT2D eigenvalue weighted by atomic mass is 32.1. The number of nitrogens with zero attached hydrogens (tertiary/aromatic N) is 1. The Morgan fingerprint density at radius 3 is 2.37 bits per heavy atom. The molecule has 0 aliphatic rings. The van der Waals surface area contributed by atoms with Crippen molar-refractivity contribution in [1.29, 1.82) is 0 Å². The third-order valence-electron chi connectivity index (χ3n) is 3.18. The van der Waals surface area contributed by atoms with Gasteiger partial charge in [0.25, 0.3) is 0 Å². The lowest BCUT2D eigenvalue weighted by Crippen LogP contribution is -1.94. The number of nitrogens with one attached hydrogen (secondary N) is 1. The highest BCUT2D eigenvalue weighted by Crippen LogP contribution is 2.21. The van der Waals surface area contributed by atoms with Gasteiger partial charge in [0.05, 0.1) is 11.4 Å². The van der Waals surface area contributed by atoms with E-state index in [-0.39, 0.29) is 0 Å². The third kappa shape index (κ3) is 2.25. The van der Waals surface area contributed by atoms with Crippen LogP contribution in [0.4, 0.5) is 0 Å². The van der Waals surface area contributed by atoms with Crippen molar-refractivity contribution in [2.75, 3.05) is 0 Å². The fourth-order valence-corrected chi connectivity index (χ4v) is 2.43. The molecular formula is C16H14N2S. The SMILES string of the molecule is Cc1ccccc1-n1cc(-c2ccccc2)[nH]c1=S. The number of aryl methyl sites for hydroxylation is 1. The number of hydrogen-bond acceptors (Lipinski definition) is 1. The molecule has 3 rings (SSSR count). The molecule has 0 amide bonds. The van der Waals surface area contributed by atoms with Gasteiger partial charge in [0.1, 0.15) is 0 Å². The van der Waals surface area contributed by atoms with Crippen LogP contribution in [0.1, 0.15) is 5.56 Å². The molecule has 1 aromatic heterocycles. The standard InChI is InChI=1S/C16H14N2S/c1-12-7-5-6-10-15(12)18-11-14(17-16(18)19)13-8-3-2-4-9-13/h2-11H,1H3,(H,17,19). The zero-order valence-corrected chi connectivity index (χ0v) is 11.4. The summed E-state index contributed by atoms with van der Waals surface area (Å²) in [6.07, 6.45) is 2.06. The molecule has 0 spiro atoms. The van der Waals surface area contributed by atoms with Gasteiger partial charge in [0, 0.05) is 6.20 Å². The van der Waals surface area contributed by atoms with Gasteiger partial charge >= 0.3 is 0 Å². The van der Waals surface area contributed by atoms with Gasteiger partial charge in [-0.1, -0.05) is 48.5 Å². The van der Waals surface area contributed by atoms with Crippen molar-refractivity contribution in [3.63, 3.8) is 0 Å². The van der Waals surface area contributed by atoms with Crippen LogP contribution in [0, 0.1) is 11.7 Å². The average Bonchev–Trinajstić information content (AvgIpc) is 2.82. The van der Waals surface area contributed by atoms with Gasteiger partial charge < -0.3 is 4.98 Å². The van der Waals surface area contributed by atoms with Crippen LogP contribution in [0.15, 0.2) is 60.8 Å². The molecule has 0 unspecified atom stereocenters. The lowest BCUT2D eigenvalue weighted by Gasteiger charge is -2.05. The summed E-state index contributed by atoms with van der Waals surface area (Å²) in [5.74, 6) is 0. The zero-order chi connectivity index (χ0) is 13.2. The van der Waals surface area contributed by atoms with Crippen molar-refractivity contribution < 1.29 is 0 Å². The van der Waals surface area contributed by atoms with E-state index in [2.05, 4.69) is 42.4 Å². The van der Waals surface area contributed by atoms with Gasteiger partial charge in [-0.2, -0.15) is 0 Å². The minimum absolute atomic E-state index is 0.716. The first-order chi connectivity index (χ1) is 9.25. The van der Waals surface area contributed by atoms with Gasteiger partial charge in [0.2, 0.25) is 0 Å². The monoisotopic (exact) mass is 266 g/mol. The number of benzene rings is 2. The molecule has 0 fully saturated rings. The van der Waals surface area contributed by atoms with Crippen molar-refractivity contribution in [3.05, 3.63) is 71.1 Å². The van der Waals surface area contributed by atoms with Gasteiger partial charge in [0.15, 0.2) is 4.77 Å². The molecule has 0 saturated carbocycles. The quantitative estimate of drug-likeness (QED) is 0.677. The molecule has 1 N–H and O–H groups in total. The van der Waals surface area contributed by atoms with E-state index < -0.39 is 0 Å². The number of para-hydroxylation sites is 1. The predicted molar refractivity (Wildman–Crippen MR) is 81.1 cm³/mol.